The first-order valence-corrected chi connectivity index (χ1v) is 11.0. The molecule has 9 nitrogen and oxygen atoms in total. The first-order valence-electron chi connectivity index (χ1n) is 11.0. The standard InChI is InChI=1S/C23H27N5O4/c1-3-17-19(24-5-1)20-18(4-2-6-25-20)22-21(17)26-23(27-22)28-7-9-29-11-13-31-15-16-32-14-12-30-10-8-28/h1-6H,7-16H2,(H,26,27). The Bertz CT molecular complexity index is 1090. The molecule has 1 saturated heterocycles. The van der Waals surface area contributed by atoms with Crippen molar-refractivity contribution in [3.05, 3.63) is 36.7 Å². The van der Waals surface area contributed by atoms with E-state index < -0.39 is 0 Å². The fraction of sp³-hybridized carbons (Fsp3) is 0.435. The minimum absolute atomic E-state index is 0.553. The lowest BCUT2D eigenvalue weighted by atomic mass is 10.1. The van der Waals surface area contributed by atoms with Gasteiger partial charge in [0.2, 0.25) is 5.95 Å². The first-order chi connectivity index (χ1) is 15.9. The molecule has 0 unspecified atom stereocenters. The van der Waals surface area contributed by atoms with E-state index in [2.05, 4.69) is 25.9 Å². The summed E-state index contributed by atoms with van der Waals surface area (Å²) in [6, 6.07) is 7.97. The van der Waals surface area contributed by atoms with Crippen molar-refractivity contribution in [2.75, 3.05) is 70.8 Å². The van der Waals surface area contributed by atoms with Crippen LogP contribution in [0.4, 0.5) is 5.95 Å². The van der Waals surface area contributed by atoms with Crippen LogP contribution in [0.3, 0.4) is 0 Å². The van der Waals surface area contributed by atoms with Crippen LogP contribution in [0.25, 0.3) is 32.8 Å². The summed E-state index contributed by atoms with van der Waals surface area (Å²) in [4.78, 5) is 19.8. The number of anilines is 1. The van der Waals surface area contributed by atoms with Crippen molar-refractivity contribution < 1.29 is 18.9 Å². The van der Waals surface area contributed by atoms with E-state index in [4.69, 9.17) is 23.9 Å². The van der Waals surface area contributed by atoms with Gasteiger partial charge in [-0.25, -0.2) is 4.98 Å². The van der Waals surface area contributed by atoms with Gasteiger partial charge in [-0.3, -0.25) is 9.97 Å². The maximum Gasteiger partial charge on any atom is 0.204 e. The van der Waals surface area contributed by atoms with Crippen LogP contribution in [-0.4, -0.2) is 85.9 Å². The molecule has 0 aliphatic carbocycles. The van der Waals surface area contributed by atoms with Crippen molar-refractivity contribution in [3.8, 4) is 0 Å². The number of fused-ring (bicyclic) bond motifs is 6. The number of nitrogens with one attached hydrogen (secondary N) is 1. The van der Waals surface area contributed by atoms with Crippen molar-refractivity contribution in [2.45, 2.75) is 0 Å². The predicted octanol–water partition coefficient (Wildman–Crippen LogP) is 2.55. The van der Waals surface area contributed by atoms with Crippen LogP contribution in [-0.2, 0) is 18.9 Å². The zero-order chi connectivity index (χ0) is 21.6. The number of imidazole rings is 1. The fourth-order valence-electron chi connectivity index (χ4n) is 3.92. The number of aromatic amines is 1. The van der Waals surface area contributed by atoms with Gasteiger partial charge in [0, 0.05) is 36.3 Å². The average molecular weight is 438 g/mol. The lowest BCUT2D eigenvalue weighted by Gasteiger charge is -2.21. The highest BCUT2D eigenvalue weighted by Crippen LogP contribution is 2.32. The average Bonchev–Trinajstić information content (AvgIpc) is 3.28. The second-order valence-corrected chi connectivity index (χ2v) is 7.52. The van der Waals surface area contributed by atoms with E-state index in [1.165, 1.54) is 0 Å². The van der Waals surface area contributed by atoms with Gasteiger partial charge in [-0.1, -0.05) is 0 Å². The summed E-state index contributed by atoms with van der Waals surface area (Å²) in [5.41, 5.74) is 3.58. The third-order valence-electron chi connectivity index (χ3n) is 5.48. The number of ether oxygens (including phenoxy) is 4. The second kappa shape index (κ2) is 10.2. The van der Waals surface area contributed by atoms with E-state index in [-0.39, 0.29) is 0 Å². The Morgan fingerprint density at radius 2 is 1.19 bits per heavy atom. The van der Waals surface area contributed by atoms with E-state index in [1.54, 1.807) is 12.4 Å². The van der Waals surface area contributed by atoms with Gasteiger partial charge in [0.1, 0.15) is 5.52 Å². The van der Waals surface area contributed by atoms with Crippen LogP contribution in [0.2, 0.25) is 0 Å². The Hall–Kier alpha value is -2.85. The maximum absolute atomic E-state index is 5.77. The Kier molecular flexibility index (Phi) is 6.69. The summed E-state index contributed by atoms with van der Waals surface area (Å²) < 4.78 is 22.5. The molecule has 3 aromatic heterocycles. The number of pyridine rings is 2. The van der Waals surface area contributed by atoms with Gasteiger partial charge >= 0.3 is 0 Å². The summed E-state index contributed by atoms with van der Waals surface area (Å²) >= 11 is 0. The molecule has 1 aliphatic rings. The van der Waals surface area contributed by atoms with Crippen LogP contribution >= 0.6 is 0 Å². The van der Waals surface area contributed by atoms with E-state index in [0.717, 1.165) is 38.8 Å². The van der Waals surface area contributed by atoms with E-state index >= 15 is 0 Å². The lowest BCUT2D eigenvalue weighted by Crippen LogP contribution is -2.32. The van der Waals surface area contributed by atoms with Crippen LogP contribution in [0.15, 0.2) is 36.7 Å². The summed E-state index contributed by atoms with van der Waals surface area (Å²) in [7, 11) is 0. The number of rotatable bonds is 1. The smallest absolute Gasteiger partial charge is 0.204 e. The molecule has 0 saturated carbocycles. The maximum atomic E-state index is 5.77. The lowest BCUT2D eigenvalue weighted by molar-refractivity contribution is 0.00206. The van der Waals surface area contributed by atoms with E-state index in [1.807, 2.05) is 18.2 Å². The monoisotopic (exact) mass is 437 g/mol. The Balaban J connectivity index is 1.47. The number of hydrogen-bond acceptors (Lipinski definition) is 8. The molecule has 4 heterocycles. The molecule has 4 aromatic rings. The summed E-state index contributed by atoms with van der Waals surface area (Å²) in [6.45, 7) is 5.88. The largest absolute Gasteiger partial charge is 0.377 e. The molecule has 1 aromatic carbocycles. The number of aromatic nitrogens is 4. The third-order valence-corrected chi connectivity index (χ3v) is 5.48. The quantitative estimate of drug-likeness (QED) is 0.454. The van der Waals surface area contributed by atoms with Crippen LogP contribution in [0, 0.1) is 0 Å². The molecular formula is C23H27N5O4. The number of H-pyrrole nitrogens is 1. The minimum Gasteiger partial charge on any atom is -0.377 e. The van der Waals surface area contributed by atoms with Crippen molar-refractivity contribution >= 4 is 38.8 Å². The molecule has 0 bridgehead atoms. The summed E-state index contributed by atoms with van der Waals surface area (Å²) in [6.07, 6.45) is 3.59. The number of nitrogens with zero attached hydrogens (tertiary/aromatic N) is 4. The van der Waals surface area contributed by atoms with Crippen LogP contribution in [0.1, 0.15) is 0 Å². The van der Waals surface area contributed by atoms with Crippen molar-refractivity contribution in [1.29, 1.82) is 0 Å². The van der Waals surface area contributed by atoms with Gasteiger partial charge in [-0.15, -0.1) is 0 Å². The fourth-order valence-corrected chi connectivity index (χ4v) is 3.92. The molecule has 1 fully saturated rings. The zero-order valence-corrected chi connectivity index (χ0v) is 18.0. The number of benzene rings is 1. The normalized spacial score (nSPS) is 18.1. The van der Waals surface area contributed by atoms with Gasteiger partial charge in [0.25, 0.3) is 0 Å². The Labute approximate surface area is 185 Å². The molecule has 0 atom stereocenters. The van der Waals surface area contributed by atoms with Gasteiger partial charge in [0.05, 0.1) is 69.4 Å². The van der Waals surface area contributed by atoms with Gasteiger partial charge in [-0.2, -0.15) is 0 Å². The molecule has 0 radical (unpaired) electrons. The molecule has 1 N–H and O–H groups in total. The molecule has 5 rings (SSSR count). The van der Waals surface area contributed by atoms with Crippen molar-refractivity contribution in [2.24, 2.45) is 0 Å². The molecule has 0 amide bonds. The van der Waals surface area contributed by atoms with Gasteiger partial charge in [-0.05, 0) is 24.3 Å². The van der Waals surface area contributed by atoms with Gasteiger partial charge in [0.15, 0.2) is 0 Å². The molecule has 1 aliphatic heterocycles. The topological polar surface area (TPSA) is 94.6 Å². The zero-order valence-electron chi connectivity index (χ0n) is 18.0. The molecule has 9 heteroatoms. The molecule has 32 heavy (non-hydrogen) atoms. The predicted molar refractivity (Wildman–Crippen MR) is 122 cm³/mol. The van der Waals surface area contributed by atoms with Crippen LogP contribution in [0.5, 0.6) is 0 Å². The van der Waals surface area contributed by atoms with Gasteiger partial charge < -0.3 is 28.8 Å². The molecule has 0 spiro atoms. The Morgan fingerprint density at radius 1 is 0.656 bits per heavy atom. The van der Waals surface area contributed by atoms with E-state index in [9.17, 15) is 0 Å². The number of hydrogen-bond donors (Lipinski definition) is 1. The minimum atomic E-state index is 0.553. The SMILES string of the molecule is c1cnc2c(c1)c1nc(N3CCOCCOCCOCCOCC3)[nH]c1c1cccnc12. The molecule has 168 valence electrons. The third kappa shape index (κ3) is 4.51. The molecular weight excluding hydrogens is 410 g/mol. The van der Waals surface area contributed by atoms with Crippen molar-refractivity contribution in [3.63, 3.8) is 0 Å². The highest BCUT2D eigenvalue weighted by Gasteiger charge is 2.17. The highest BCUT2D eigenvalue weighted by molar-refractivity contribution is 6.20. The summed E-state index contributed by atoms with van der Waals surface area (Å²) in [5, 5.41) is 1.99. The highest BCUT2D eigenvalue weighted by atomic mass is 16.6. The summed E-state index contributed by atoms with van der Waals surface area (Å²) in [5.74, 6) is 0.783. The van der Waals surface area contributed by atoms with Crippen molar-refractivity contribution in [1.82, 2.24) is 19.9 Å². The first kappa shape index (κ1) is 21.0. The van der Waals surface area contributed by atoms with Crippen LogP contribution < -0.4 is 4.90 Å². The van der Waals surface area contributed by atoms with E-state index in [0.29, 0.717) is 65.9 Å². The Morgan fingerprint density at radius 3 is 1.81 bits per heavy atom. The second-order valence-electron chi connectivity index (χ2n) is 7.52.